The van der Waals surface area contributed by atoms with E-state index in [1.165, 1.54) is 88.8 Å². The molecule has 0 saturated carbocycles. The minimum absolute atomic E-state index is 0.00572. The Bertz CT molecular complexity index is 4320. The van der Waals surface area contributed by atoms with Crippen molar-refractivity contribution >= 4 is 111 Å². The lowest BCUT2D eigenvalue weighted by Gasteiger charge is -2.33. The van der Waals surface area contributed by atoms with E-state index in [4.69, 9.17) is 27.0 Å². The number of aromatic nitrogens is 1. The number of anilines is 2. The summed E-state index contributed by atoms with van der Waals surface area (Å²) in [6.07, 6.45) is 3.71. The first-order chi connectivity index (χ1) is 54.9. The number of nitrogens with two attached hydrogens (primary N) is 1. The van der Waals surface area contributed by atoms with Crippen molar-refractivity contribution in [3.63, 3.8) is 0 Å². The maximum Gasteiger partial charge on any atom is 0.343 e. The normalized spacial score (nSPS) is 14.8. The zero-order valence-electron chi connectivity index (χ0n) is 66.0. The highest BCUT2D eigenvalue weighted by Gasteiger charge is 2.41. The Balaban J connectivity index is 1.22. The number of nitrogens with zero attached hydrogens (tertiary/aromatic N) is 3. The highest BCUT2D eigenvalue weighted by atomic mass is 35.5. The fraction of sp³-hybridized carbons (Fsp3) is 0.432. The van der Waals surface area contributed by atoms with Crippen LogP contribution in [0.25, 0.3) is 10.8 Å². The predicted octanol–water partition coefficient (Wildman–Crippen LogP) is 3.20. The topological polar surface area (TPSA) is 462 Å². The van der Waals surface area contributed by atoms with E-state index in [1.54, 1.807) is 62.4 Å². The van der Waals surface area contributed by atoms with Gasteiger partial charge in [0, 0.05) is 87.5 Å². The lowest BCUT2D eigenvalue weighted by Crippen LogP contribution is -2.62. The highest BCUT2D eigenvalue weighted by Crippen LogP contribution is 2.24. The van der Waals surface area contributed by atoms with Gasteiger partial charge in [0.05, 0.1) is 20.8 Å². The summed E-state index contributed by atoms with van der Waals surface area (Å²) in [4.78, 5) is 200. The van der Waals surface area contributed by atoms with Crippen LogP contribution in [-0.2, 0) is 94.5 Å². The molecule has 33 nitrogen and oxygen atoms in total. The van der Waals surface area contributed by atoms with Gasteiger partial charge in [0.2, 0.25) is 65.0 Å². The second-order valence-electron chi connectivity index (χ2n) is 28.9. The summed E-state index contributed by atoms with van der Waals surface area (Å²) in [6, 6.07) is 19.8. The Morgan fingerprint density at radius 3 is 1.57 bits per heavy atom. The number of carbonyl (C=O) groups is 13. The van der Waals surface area contributed by atoms with Crippen LogP contribution >= 0.6 is 11.6 Å². The number of amides is 15. The van der Waals surface area contributed by atoms with Crippen molar-refractivity contribution < 1.29 is 77.1 Å². The van der Waals surface area contributed by atoms with Crippen LogP contribution in [0.15, 0.2) is 140 Å². The van der Waals surface area contributed by atoms with Gasteiger partial charge in [-0.1, -0.05) is 124 Å². The SMILES string of the molecule is CONC(=O)Nc1ccc(C[C@@H](NC(=O)[C@H](Cc2ccc(NC(=O)NOC)cc2)N(C)C(=O)[C@H](CO)NC(=O)[C@@H](Cc2cccnc2)NC(=O)[C@@H](Cc2ccc(Cl)cc2)NC(=O)[C@@H](Cc2ccc3ccccc3c2)NC(C)=O)C(=O)N[C@@H](CC(C)C)C(=O)N[C@@H](CCCCNC(C)C)C(=O)N2CCC[C@H]2C(=O)N[C@H](C)C(N)=O)cc1. The summed E-state index contributed by atoms with van der Waals surface area (Å²) >= 11 is 6.28. The Labute approximate surface area is 672 Å². The molecule has 618 valence electrons. The second kappa shape index (κ2) is 45.3. The summed E-state index contributed by atoms with van der Waals surface area (Å²) in [7, 11) is 3.70. The van der Waals surface area contributed by atoms with Crippen molar-refractivity contribution in [1.29, 1.82) is 0 Å². The smallest absolute Gasteiger partial charge is 0.343 e. The number of rotatable bonds is 42. The Morgan fingerprint density at radius 2 is 1.04 bits per heavy atom. The first kappa shape index (κ1) is 90.5. The van der Waals surface area contributed by atoms with E-state index in [2.05, 4.69) is 74.4 Å². The highest BCUT2D eigenvalue weighted by molar-refractivity contribution is 6.30. The molecule has 10 atom stereocenters. The molecule has 7 rings (SSSR count). The number of aliphatic hydroxyl groups excluding tert-OH is 1. The van der Waals surface area contributed by atoms with Gasteiger partial charge in [0.15, 0.2) is 0 Å². The zero-order valence-corrected chi connectivity index (χ0v) is 66.7. The van der Waals surface area contributed by atoms with E-state index >= 15 is 24.0 Å². The monoisotopic (exact) mass is 1610 g/mol. The van der Waals surface area contributed by atoms with Gasteiger partial charge in [-0.3, -0.25) is 67.4 Å². The molecular weight excluding hydrogens is 1500 g/mol. The van der Waals surface area contributed by atoms with Crippen LogP contribution in [0.3, 0.4) is 0 Å². The molecule has 1 aromatic heterocycles. The van der Waals surface area contributed by atoms with Gasteiger partial charge in [-0.15, -0.1) is 0 Å². The molecule has 0 bridgehead atoms. The van der Waals surface area contributed by atoms with Crippen molar-refractivity contribution in [2.45, 2.75) is 179 Å². The number of hydrogen-bond acceptors (Lipinski definition) is 18. The second-order valence-corrected chi connectivity index (χ2v) is 29.4. The number of benzene rings is 5. The Hall–Kier alpha value is -11.6. The summed E-state index contributed by atoms with van der Waals surface area (Å²) < 4.78 is 0. The van der Waals surface area contributed by atoms with Gasteiger partial charge in [0.25, 0.3) is 0 Å². The van der Waals surface area contributed by atoms with Crippen molar-refractivity contribution in [3.05, 3.63) is 173 Å². The number of hydrogen-bond donors (Lipinski definition) is 15. The molecule has 115 heavy (non-hydrogen) atoms. The van der Waals surface area contributed by atoms with Gasteiger partial charge in [-0.25, -0.2) is 20.5 Å². The third kappa shape index (κ3) is 29.1. The quantitative estimate of drug-likeness (QED) is 0.0193. The number of pyridine rings is 1. The molecule has 16 N–H and O–H groups in total. The summed E-state index contributed by atoms with van der Waals surface area (Å²) in [5.41, 5.74) is 12.8. The zero-order chi connectivity index (χ0) is 83.8. The van der Waals surface area contributed by atoms with Crippen molar-refractivity contribution in [2.75, 3.05) is 51.6 Å². The maximum absolute atomic E-state index is 15.6. The van der Waals surface area contributed by atoms with Gasteiger partial charge < -0.3 is 79.1 Å². The van der Waals surface area contributed by atoms with E-state index in [9.17, 15) is 43.5 Å². The van der Waals surface area contributed by atoms with Crippen LogP contribution in [0.1, 0.15) is 108 Å². The number of carbonyl (C=O) groups excluding carboxylic acids is 13. The number of nitrogens with one attached hydrogen (secondary N) is 13. The standard InChI is InChI=1S/C81H106ClN17O16/c1-47(2)38-62(71(103)90-61(19-12-13-36-85-48(3)4)79(111)99-37-15-20-68(99)76(108)86-49(5)70(83)102)91-74(106)65(41-52-24-31-59(32-25-52)88-80(112)96-114-8)94-77(109)69(44-53-26-33-60(34-27-53)89-81(113)97-115-9)98(7)78(110)67(46-100)95-75(107)66(43-55-16-14-35-84-45-55)93-73(105)64(40-51-22-29-58(82)30-23-51)92-72(104)63(87-50(6)101)42-54-21-28-56-17-10-11-18-57(56)39-54/h10-11,14,16-18,21-35,39,45,47-49,61-69,85,100H,12-13,15,19-20,36-38,40-44,46H2,1-9H3,(H2,83,102)(H,86,108)(H,87,101)(H,90,103)(H,91,106)(H,92,104)(H,93,105)(H,94,109)(H,95,107)(H2,88,96,112)(H2,89,97,113)/t49-,61+,62+,63-,64-,65-,66-,67+,68+,69+/m1/s1. The number of aliphatic hydroxyl groups is 1. The van der Waals surface area contributed by atoms with Crippen LogP contribution in [0, 0.1) is 5.92 Å². The van der Waals surface area contributed by atoms with E-state index in [1.807, 2.05) is 56.3 Å². The van der Waals surface area contributed by atoms with Gasteiger partial charge in [-0.05, 0) is 139 Å². The number of hydroxylamine groups is 2. The average Bonchev–Trinajstić information content (AvgIpc) is 1.75. The lowest BCUT2D eigenvalue weighted by atomic mass is 9.99. The van der Waals surface area contributed by atoms with Crippen LogP contribution < -0.4 is 75.2 Å². The van der Waals surface area contributed by atoms with Gasteiger partial charge in [0.1, 0.15) is 60.4 Å². The molecule has 1 aliphatic heterocycles. The van der Waals surface area contributed by atoms with Gasteiger partial charge in [-0.2, -0.15) is 0 Å². The summed E-state index contributed by atoms with van der Waals surface area (Å²) in [6.45, 7) is 9.89. The third-order valence-electron chi connectivity index (χ3n) is 19.0. The molecule has 1 saturated heterocycles. The van der Waals surface area contributed by atoms with Crippen LogP contribution in [0.2, 0.25) is 5.02 Å². The number of likely N-dealkylation sites (tertiary alicyclic amines) is 1. The van der Waals surface area contributed by atoms with Crippen LogP contribution in [0.5, 0.6) is 0 Å². The number of primary amides is 1. The number of likely N-dealkylation sites (N-methyl/N-ethyl adjacent to an activating group) is 1. The summed E-state index contributed by atoms with van der Waals surface area (Å²) in [5, 5.41) is 43.9. The lowest BCUT2D eigenvalue weighted by molar-refractivity contribution is -0.144. The molecule has 1 aliphatic rings. The number of urea groups is 2. The number of unbranched alkanes of at least 4 members (excludes halogenated alkanes) is 1. The fourth-order valence-corrected chi connectivity index (χ4v) is 13.2. The predicted molar refractivity (Wildman–Crippen MR) is 430 cm³/mol. The molecule has 15 amide bonds. The van der Waals surface area contributed by atoms with E-state index < -0.39 is 144 Å². The Morgan fingerprint density at radius 1 is 0.557 bits per heavy atom. The largest absolute Gasteiger partial charge is 0.394 e. The molecule has 0 spiro atoms. The maximum atomic E-state index is 15.6. The van der Waals surface area contributed by atoms with Crippen molar-refractivity contribution in [2.24, 2.45) is 11.7 Å². The number of halogens is 1. The third-order valence-corrected chi connectivity index (χ3v) is 19.3. The molecule has 0 aliphatic carbocycles. The summed E-state index contributed by atoms with van der Waals surface area (Å²) in [5.74, 6) is -9.15. The van der Waals surface area contributed by atoms with E-state index in [0.717, 1.165) is 15.7 Å². The fourth-order valence-electron chi connectivity index (χ4n) is 13.0. The molecule has 1 fully saturated rings. The van der Waals surface area contributed by atoms with Crippen molar-refractivity contribution in [3.8, 4) is 0 Å². The van der Waals surface area contributed by atoms with Crippen molar-refractivity contribution in [1.82, 2.24) is 73.6 Å². The molecule has 0 radical (unpaired) electrons. The first-order valence-electron chi connectivity index (χ1n) is 38.0. The van der Waals surface area contributed by atoms with E-state index in [0.29, 0.717) is 64.3 Å². The van der Waals surface area contributed by atoms with Crippen LogP contribution in [0.4, 0.5) is 21.0 Å². The average molecular weight is 1610 g/mol. The molecule has 5 aromatic carbocycles. The minimum atomic E-state index is -1.87. The molecule has 2 heterocycles. The van der Waals surface area contributed by atoms with Gasteiger partial charge >= 0.3 is 12.1 Å². The Kier molecular flexibility index (Phi) is 35.7. The van der Waals surface area contributed by atoms with E-state index in [-0.39, 0.29) is 75.6 Å². The minimum Gasteiger partial charge on any atom is -0.394 e. The molecule has 6 aromatic rings. The molecule has 0 unspecified atom stereocenters. The van der Waals surface area contributed by atoms with Crippen LogP contribution in [-0.4, -0.2) is 204 Å². The molecule has 34 heteroatoms. The molecular formula is C81H106ClN17O16. The number of fused-ring (bicyclic) bond motifs is 1. The first-order valence-corrected chi connectivity index (χ1v) is 38.4.